The number of rotatable bonds is 1. The van der Waals surface area contributed by atoms with Crippen LogP contribution in [0, 0.1) is 0 Å². The normalized spacial score (nSPS) is 21.9. The third kappa shape index (κ3) is 4.48. The molecule has 1 fully saturated rings. The number of ether oxygens (including phenoxy) is 1. The van der Waals surface area contributed by atoms with E-state index >= 15 is 0 Å². The largest absolute Gasteiger partial charge is 0.444 e. The Bertz CT molecular complexity index is 273. The second-order valence-corrected chi connectivity index (χ2v) is 4.69. The van der Waals surface area contributed by atoms with Crippen molar-refractivity contribution in [2.75, 3.05) is 19.6 Å². The van der Waals surface area contributed by atoms with Gasteiger partial charge in [0.05, 0.1) is 0 Å². The van der Waals surface area contributed by atoms with E-state index in [1.807, 2.05) is 0 Å². The van der Waals surface area contributed by atoms with Gasteiger partial charge in [0, 0.05) is 19.6 Å². The quantitative estimate of drug-likeness (QED) is 0.571. The van der Waals surface area contributed by atoms with Crippen LogP contribution in [0.15, 0.2) is 0 Å². The predicted octanol–water partition coefficient (Wildman–Crippen LogP) is -0.401. The first kappa shape index (κ1) is 12.8. The molecule has 0 aliphatic carbocycles. The fraction of sp³-hybridized carbons (Fsp3) is 0.800. The molecule has 0 bridgehead atoms. The molecule has 0 saturated carbocycles. The van der Waals surface area contributed by atoms with Gasteiger partial charge < -0.3 is 20.7 Å². The Labute approximate surface area is 95.1 Å². The van der Waals surface area contributed by atoms with Crippen LogP contribution in [0.2, 0.25) is 0 Å². The van der Waals surface area contributed by atoms with Crippen LogP contribution in [0.3, 0.4) is 0 Å². The van der Waals surface area contributed by atoms with E-state index < -0.39 is 17.7 Å². The van der Waals surface area contributed by atoms with Crippen molar-refractivity contribution in [1.29, 1.82) is 0 Å². The standard InChI is InChI=1S/C10H19N3O3/c1-10(2,3)16-9(15)13-7-6-11-4-5-12-8(7)14/h7,11H,4-6H2,1-3H3,(H,12,14)(H,13,15)/t7-/m0/s1. The Balaban J connectivity index is 2.45. The van der Waals surface area contributed by atoms with Crippen molar-refractivity contribution in [2.24, 2.45) is 0 Å². The van der Waals surface area contributed by atoms with Crippen molar-refractivity contribution >= 4 is 12.0 Å². The average Bonchev–Trinajstić information content (AvgIpc) is 2.29. The van der Waals surface area contributed by atoms with Gasteiger partial charge >= 0.3 is 6.09 Å². The Morgan fingerprint density at radius 3 is 2.75 bits per heavy atom. The molecule has 1 atom stereocenters. The third-order valence-corrected chi connectivity index (χ3v) is 1.96. The lowest BCUT2D eigenvalue weighted by atomic mass is 10.2. The minimum atomic E-state index is -0.573. The molecular weight excluding hydrogens is 210 g/mol. The van der Waals surface area contributed by atoms with E-state index in [1.165, 1.54) is 0 Å². The van der Waals surface area contributed by atoms with Gasteiger partial charge in [0.25, 0.3) is 0 Å². The molecule has 0 spiro atoms. The number of amides is 2. The molecule has 1 saturated heterocycles. The van der Waals surface area contributed by atoms with E-state index in [0.717, 1.165) is 0 Å². The maximum absolute atomic E-state index is 11.5. The number of hydrogen-bond donors (Lipinski definition) is 3. The highest BCUT2D eigenvalue weighted by Gasteiger charge is 2.24. The van der Waals surface area contributed by atoms with Crippen molar-refractivity contribution < 1.29 is 14.3 Å². The Kier molecular flexibility index (Phi) is 4.12. The molecule has 92 valence electrons. The smallest absolute Gasteiger partial charge is 0.408 e. The zero-order valence-electron chi connectivity index (χ0n) is 9.92. The summed E-state index contributed by atoms with van der Waals surface area (Å²) in [7, 11) is 0. The van der Waals surface area contributed by atoms with Crippen LogP contribution in [0.4, 0.5) is 4.79 Å². The highest BCUT2D eigenvalue weighted by atomic mass is 16.6. The number of carbonyl (C=O) groups excluding carboxylic acids is 2. The van der Waals surface area contributed by atoms with Gasteiger partial charge in [-0.15, -0.1) is 0 Å². The van der Waals surface area contributed by atoms with E-state index in [2.05, 4.69) is 16.0 Å². The first-order valence-corrected chi connectivity index (χ1v) is 5.36. The highest BCUT2D eigenvalue weighted by molar-refractivity contribution is 5.86. The van der Waals surface area contributed by atoms with Crippen molar-refractivity contribution in [3.63, 3.8) is 0 Å². The van der Waals surface area contributed by atoms with E-state index in [1.54, 1.807) is 20.8 Å². The fourth-order valence-corrected chi connectivity index (χ4v) is 1.30. The number of carbonyl (C=O) groups is 2. The van der Waals surface area contributed by atoms with Crippen molar-refractivity contribution in [2.45, 2.75) is 32.4 Å². The first-order valence-electron chi connectivity index (χ1n) is 5.36. The summed E-state index contributed by atoms with van der Waals surface area (Å²) in [6, 6.07) is -0.572. The molecule has 1 heterocycles. The topological polar surface area (TPSA) is 79.5 Å². The van der Waals surface area contributed by atoms with Crippen molar-refractivity contribution in [1.82, 2.24) is 16.0 Å². The molecule has 16 heavy (non-hydrogen) atoms. The fourth-order valence-electron chi connectivity index (χ4n) is 1.30. The molecule has 0 aromatic heterocycles. The zero-order chi connectivity index (χ0) is 12.2. The monoisotopic (exact) mass is 229 g/mol. The van der Waals surface area contributed by atoms with Gasteiger partial charge in [-0.3, -0.25) is 4.79 Å². The Hall–Kier alpha value is -1.30. The second kappa shape index (κ2) is 5.16. The molecule has 2 amide bonds. The second-order valence-electron chi connectivity index (χ2n) is 4.69. The molecule has 1 aliphatic heterocycles. The lowest BCUT2D eigenvalue weighted by molar-refractivity contribution is -0.122. The maximum Gasteiger partial charge on any atom is 0.408 e. The summed E-state index contributed by atoms with van der Waals surface area (Å²) < 4.78 is 5.07. The van der Waals surface area contributed by atoms with Gasteiger partial charge in [-0.1, -0.05) is 0 Å². The molecule has 6 nitrogen and oxygen atoms in total. The molecule has 0 radical (unpaired) electrons. The number of alkyl carbamates (subject to hydrolysis) is 1. The van der Waals surface area contributed by atoms with Crippen LogP contribution in [0.5, 0.6) is 0 Å². The average molecular weight is 229 g/mol. The summed E-state index contributed by atoms with van der Waals surface area (Å²) >= 11 is 0. The summed E-state index contributed by atoms with van der Waals surface area (Å²) in [5.41, 5.74) is -0.557. The van der Waals surface area contributed by atoms with E-state index in [9.17, 15) is 9.59 Å². The van der Waals surface area contributed by atoms with E-state index in [-0.39, 0.29) is 5.91 Å². The SMILES string of the molecule is CC(C)(C)OC(=O)N[C@H]1CNCCNC1=O. The van der Waals surface area contributed by atoms with Crippen LogP contribution >= 0.6 is 0 Å². The molecule has 0 unspecified atom stereocenters. The van der Waals surface area contributed by atoms with Gasteiger partial charge in [0.2, 0.25) is 5.91 Å². The molecule has 1 rings (SSSR count). The predicted molar refractivity (Wildman–Crippen MR) is 59.0 cm³/mol. The maximum atomic E-state index is 11.5. The zero-order valence-corrected chi connectivity index (χ0v) is 9.92. The van der Waals surface area contributed by atoms with Crippen LogP contribution < -0.4 is 16.0 Å². The summed E-state index contributed by atoms with van der Waals surface area (Å²) in [6.07, 6.45) is -0.573. The molecule has 3 N–H and O–H groups in total. The minimum absolute atomic E-state index is 0.184. The van der Waals surface area contributed by atoms with Gasteiger partial charge in [-0.25, -0.2) is 4.79 Å². The summed E-state index contributed by atoms with van der Waals surface area (Å²) in [5.74, 6) is -0.184. The molecule has 0 aromatic carbocycles. The molecular formula is C10H19N3O3. The first-order chi connectivity index (χ1) is 7.38. The lowest BCUT2D eigenvalue weighted by Gasteiger charge is -2.22. The van der Waals surface area contributed by atoms with Gasteiger partial charge in [-0.05, 0) is 20.8 Å². The van der Waals surface area contributed by atoms with Crippen molar-refractivity contribution in [3.05, 3.63) is 0 Å². The lowest BCUT2D eigenvalue weighted by Crippen LogP contribution is -2.50. The van der Waals surface area contributed by atoms with Gasteiger partial charge in [0.1, 0.15) is 11.6 Å². The Morgan fingerprint density at radius 2 is 2.12 bits per heavy atom. The van der Waals surface area contributed by atoms with Gasteiger partial charge in [0.15, 0.2) is 0 Å². The Morgan fingerprint density at radius 1 is 1.44 bits per heavy atom. The molecule has 0 aromatic rings. The minimum Gasteiger partial charge on any atom is -0.444 e. The highest BCUT2D eigenvalue weighted by Crippen LogP contribution is 2.06. The van der Waals surface area contributed by atoms with Gasteiger partial charge in [-0.2, -0.15) is 0 Å². The summed E-state index contributed by atoms with van der Waals surface area (Å²) in [4.78, 5) is 22.9. The van der Waals surface area contributed by atoms with Crippen LogP contribution in [0.25, 0.3) is 0 Å². The van der Waals surface area contributed by atoms with Crippen LogP contribution in [-0.4, -0.2) is 43.3 Å². The molecule has 1 aliphatic rings. The molecule has 6 heteroatoms. The van der Waals surface area contributed by atoms with Crippen LogP contribution in [-0.2, 0) is 9.53 Å². The van der Waals surface area contributed by atoms with E-state index in [4.69, 9.17) is 4.74 Å². The van der Waals surface area contributed by atoms with Crippen molar-refractivity contribution in [3.8, 4) is 0 Å². The summed E-state index contributed by atoms with van der Waals surface area (Å²) in [6.45, 7) is 7.03. The third-order valence-electron chi connectivity index (χ3n) is 1.96. The number of hydrogen-bond acceptors (Lipinski definition) is 4. The summed E-state index contributed by atoms with van der Waals surface area (Å²) in [5, 5.41) is 8.26. The van der Waals surface area contributed by atoms with Crippen LogP contribution in [0.1, 0.15) is 20.8 Å². The van der Waals surface area contributed by atoms with E-state index in [0.29, 0.717) is 19.6 Å². The number of nitrogens with one attached hydrogen (secondary N) is 3.